The molecule has 4 aliphatic carbocycles. The van der Waals surface area contributed by atoms with E-state index < -0.39 is 0 Å². The molecule has 0 aliphatic heterocycles. The number of thiocarbonyl (C=S) groups is 1. The van der Waals surface area contributed by atoms with Crippen molar-refractivity contribution in [3.8, 4) is 0 Å². The molecular weight excluding hydrogens is 428 g/mol. The molecule has 2 aromatic carbocycles. The van der Waals surface area contributed by atoms with E-state index in [1.807, 2.05) is 42.5 Å². The summed E-state index contributed by atoms with van der Waals surface area (Å²) in [7, 11) is 0. The maximum Gasteiger partial charge on any atom is 0.288 e. The summed E-state index contributed by atoms with van der Waals surface area (Å²) in [6.45, 7) is 0. The van der Waals surface area contributed by atoms with Crippen LogP contribution >= 0.6 is 12.2 Å². The second-order valence-corrected chi connectivity index (χ2v) is 10.6. The number of rotatable bonds is 3. The standard InChI is InChI=1S/C27H28N4OS/c32-25(30-31-26(33)28-20-6-2-1-3-7-20)24-13-22(21-8-4-5-9-23(21)29-24)27-14-17-10-18(15-27)12-19(11-17)16-27/h1-9,13,17-19H,10-12,14-16H2,(H,30,32)(H2,28,31,33). The van der Waals surface area contributed by atoms with Gasteiger partial charge in [-0.2, -0.15) is 0 Å². The lowest BCUT2D eigenvalue weighted by atomic mass is 9.48. The summed E-state index contributed by atoms with van der Waals surface area (Å²) in [6, 6.07) is 20.0. The Kier molecular flexibility index (Phi) is 5.06. The number of para-hydroxylation sites is 2. The molecule has 0 saturated heterocycles. The number of hydrazine groups is 1. The van der Waals surface area contributed by atoms with Crippen LogP contribution in [0.15, 0.2) is 60.7 Å². The molecule has 6 heteroatoms. The van der Waals surface area contributed by atoms with Gasteiger partial charge in [-0.1, -0.05) is 36.4 Å². The van der Waals surface area contributed by atoms with Crippen LogP contribution in [0, 0.1) is 17.8 Å². The van der Waals surface area contributed by atoms with Crippen LogP contribution < -0.4 is 16.2 Å². The topological polar surface area (TPSA) is 66.1 Å². The minimum atomic E-state index is -0.274. The third kappa shape index (κ3) is 3.86. The van der Waals surface area contributed by atoms with Gasteiger partial charge >= 0.3 is 0 Å². The van der Waals surface area contributed by atoms with Crippen LogP contribution in [0.5, 0.6) is 0 Å². The molecule has 3 N–H and O–H groups in total. The fourth-order valence-corrected chi connectivity index (χ4v) is 7.20. The Labute approximate surface area is 199 Å². The Hall–Kier alpha value is -2.99. The highest BCUT2D eigenvalue weighted by Crippen LogP contribution is 2.61. The number of nitrogens with one attached hydrogen (secondary N) is 3. The van der Waals surface area contributed by atoms with Gasteiger partial charge in [0.1, 0.15) is 5.69 Å². The van der Waals surface area contributed by atoms with Crippen LogP contribution in [0.2, 0.25) is 0 Å². The minimum Gasteiger partial charge on any atom is -0.331 e. The first-order chi connectivity index (χ1) is 16.1. The maximum atomic E-state index is 13.1. The number of carbonyl (C=O) groups excluding carboxylic acids is 1. The molecule has 0 unspecified atom stereocenters. The molecule has 4 fully saturated rings. The largest absolute Gasteiger partial charge is 0.331 e. The lowest BCUT2D eigenvalue weighted by molar-refractivity contribution is -0.00454. The number of hydrogen-bond donors (Lipinski definition) is 3. The van der Waals surface area contributed by atoms with Gasteiger partial charge < -0.3 is 5.32 Å². The first-order valence-corrected chi connectivity index (χ1v) is 12.3. The van der Waals surface area contributed by atoms with Crippen molar-refractivity contribution in [3.63, 3.8) is 0 Å². The van der Waals surface area contributed by atoms with Gasteiger partial charge in [-0.15, -0.1) is 0 Å². The number of nitrogens with zero attached hydrogens (tertiary/aromatic N) is 1. The molecule has 4 aliphatic rings. The zero-order valence-electron chi connectivity index (χ0n) is 18.5. The van der Waals surface area contributed by atoms with Crippen LogP contribution in [-0.4, -0.2) is 16.0 Å². The van der Waals surface area contributed by atoms with Crippen LogP contribution in [0.3, 0.4) is 0 Å². The predicted molar refractivity (Wildman–Crippen MR) is 135 cm³/mol. The average molecular weight is 457 g/mol. The number of hydrogen-bond acceptors (Lipinski definition) is 3. The molecule has 4 bridgehead atoms. The third-order valence-electron chi connectivity index (χ3n) is 7.88. The Balaban J connectivity index is 1.27. The highest BCUT2D eigenvalue weighted by Gasteiger charge is 2.52. The van der Waals surface area contributed by atoms with Crippen LogP contribution in [-0.2, 0) is 5.41 Å². The van der Waals surface area contributed by atoms with Gasteiger partial charge in [0.05, 0.1) is 5.52 Å². The summed E-state index contributed by atoms with van der Waals surface area (Å²) in [6.07, 6.45) is 7.92. The summed E-state index contributed by atoms with van der Waals surface area (Å²) in [4.78, 5) is 17.8. The van der Waals surface area contributed by atoms with Crippen molar-refractivity contribution in [3.05, 3.63) is 71.9 Å². The number of carbonyl (C=O) groups is 1. The Morgan fingerprint density at radius 2 is 1.52 bits per heavy atom. The zero-order valence-corrected chi connectivity index (χ0v) is 19.3. The molecule has 1 amide bonds. The van der Waals surface area contributed by atoms with Crippen LogP contribution in [0.1, 0.15) is 54.6 Å². The van der Waals surface area contributed by atoms with Crippen LogP contribution in [0.4, 0.5) is 5.69 Å². The van der Waals surface area contributed by atoms with Gasteiger partial charge in [-0.05, 0) is 104 Å². The first-order valence-electron chi connectivity index (χ1n) is 11.9. The van der Waals surface area contributed by atoms with Crippen LogP contribution in [0.25, 0.3) is 10.9 Å². The monoisotopic (exact) mass is 456 g/mol. The predicted octanol–water partition coefficient (Wildman–Crippen LogP) is 5.33. The van der Waals surface area contributed by atoms with Gasteiger partial charge in [0, 0.05) is 11.1 Å². The number of fused-ring (bicyclic) bond motifs is 1. The lowest BCUT2D eigenvalue weighted by Crippen LogP contribution is -2.49. The van der Waals surface area contributed by atoms with Gasteiger partial charge in [0.2, 0.25) is 0 Å². The maximum absolute atomic E-state index is 13.1. The van der Waals surface area contributed by atoms with Crippen molar-refractivity contribution in [2.45, 2.75) is 43.9 Å². The normalized spacial score (nSPS) is 27.3. The molecule has 7 rings (SSSR count). The Morgan fingerprint density at radius 3 is 2.21 bits per heavy atom. The van der Waals surface area contributed by atoms with E-state index in [0.717, 1.165) is 29.0 Å². The van der Waals surface area contributed by atoms with E-state index in [1.54, 1.807) is 0 Å². The first kappa shape index (κ1) is 20.6. The molecule has 3 aromatic rings. The van der Waals surface area contributed by atoms with E-state index in [1.165, 1.54) is 49.5 Å². The second kappa shape index (κ2) is 8.10. The van der Waals surface area contributed by atoms with Gasteiger partial charge in [-0.3, -0.25) is 15.6 Å². The highest BCUT2D eigenvalue weighted by atomic mass is 32.1. The second-order valence-electron chi connectivity index (χ2n) is 10.2. The van der Waals surface area contributed by atoms with E-state index >= 15 is 0 Å². The number of aromatic nitrogens is 1. The SMILES string of the molecule is O=C(NNC(=S)Nc1ccccc1)c1cc(C23CC4CC(CC(C4)C2)C3)c2ccccc2n1. The molecule has 0 radical (unpaired) electrons. The smallest absolute Gasteiger partial charge is 0.288 e. The molecule has 4 saturated carbocycles. The molecule has 1 aromatic heterocycles. The fraction of sp³-hybridized carbons (Fsp3) is 0.370. The number of amides is 1. The van der Waals surface area contributed by atoms with Crippen molar-refractivity contribution in [2.24, 2.45) is 17.8 Å². The fourth-order valence-electron chi connectivity index (χ4n) is 7.03. The van der Waals surface area contributed by atoms with Gasteiger partial charge in [0.15, 0.2) is 5.11 Å². The van der Waals surface area contributed by atoms with Crippen molar-refractivity contribution in [2.75, 3.05) is 5.32 Å². The summed E-state index contributed by atoms with van der Waals surface area (Å²) < 4.78 is 0. The van der Waals surface area contributed by atoms with E-state index in [2.05, 4.69) is 34.4 Å². The number of pyridine rings is 1. The Bertz CT molecular complexity index is 1190. The molecular formula is C27H28N4OS. The van der Waals surface area contributed by atoms with E-state index in [0.29, 0.717) is 10.8 Å². The molecule has 168 valence electrons. The van der Waals surface area contributed by atoms with Gasteiger partial charge in [-0.25, -0.2) is 4.98 Å². The molecule has 1 heterocycles. The number of benzene rings is 2. The molecule has 33 heavy (non-hydrogen) atoms. The van der Waals surface area contributed by atoms with Gasteiger partial charge in [0.25, 0.3) is 5.91 Å². The molecule has 5 nitrogen and oxygen atoms in total. The highest BCUT2D eigenvalue weighted by molar-refractivity contribution is 7.80. The summed E-state index contributed by atoms with van der Waals surface area (Å²) in [5.41, 5.74) is 9.24. The summed E-state index contributed by atoms with van der Waals surface area (Å²) in [5, 5.41) is 4.59. The lowest BCUT2D eigenvalue weighted by Gasteiger charge is -2.57. The Morgan fingerprint density at radius 1 is 0.879 bits per heavy atom. The average Bonchev–Trinajstić information content (AvgIpc) is 2.81. The quantitative estimate of drug-likeness (QED) is 0.367. The zero-order chi connectivity index (χ0) is 22.4. The molecule has 0 atom stereocenters. The summed E-state index contributed by atoms with van der Waals surface area (Å²) in [5.74, 6) is 2.24. The van der Waals surface area contributed by atoms with Crippen molar-refractivity contribution in [1.82, 2.24) is 15.8 Å². The van der Waals surface area contributed by atoms with Crippen molar-refractivity contribution in [1.29, 1.82) is 0 Å². The van der Waals surface area contributed by atoms with Crippen molar-refractivity contribution < 1.29 is 4.79 Å². The molecule has 0 spiro atoms. The van der Waals surface area contributed by atoms with E-state index in [-0.39, 0.29) is 11.3 Å². The van der Waals surface area contributed by atoms with Crippen molar-refractivity contribution >= 4 is 39.8 Å². The van der Waals surface area contributed by atoms with E-state index in [9.17, 15) is 4.79 Å². The summed E-state index contributed by atoms with van der Waals surface area (Å²) >= 11 is 5.33. The van der Waals surface area contributed by atoms with E-state index in [4.69, 9.17) is 17.2 Å². The number of anilines is 1. The minimum absolute atomic E-state index is 0.184. The third-order valence-corrected chi connectivity index (χ3v) is 8.08.